The van der Waals surface area contributed by atoms with Crippen molar-refractivity contribution in [1.29, 1.82) is 0 Å². The van der Waals surface area contributed by atoms with Gasteiger partial charge in [0, 0.05) is 6.54 Å². The van der Waals surface area contributed by atoms with E-state index < -0.39 is 0 Å². The van der Waals surface area contributed by atoms with Crippen molar-refractivity contribution < 1.29 is 9.90 Å². The summed E-state index contributed by atoms with van der Waals surface area (Å²) in [4.78, 5) is 16.7. The van der Waals surface area contributed by atoms with Gasteiger partial charge in [0.15, 0.2) is 5.13 Å². The highest BCUT2D eigenvalue weighted by molar-refractivity contribution is 7.18. The molecule has 0 bridgehead atoms. The molecule has 1 aromatic rings. The van der Waals surface area contributed by atoms with Crippen LogP contribution in [0.15, 0.2) is 0 Å². The van der Waals surface area contributed by atoms with E-state index >= 15 is 0 Å². The van der Waals surface area contributed by atoms with Gasteiger partial charge < -0.3 is 21.5 Å². The minimum absolute atomic E-state index is 0.0967. The summed E-state index contributed by atoms with van der Waals surface area (Å²) in [6.45, 7) is 8.73. The van der Waals surface area contributed by atoms with Crippen molar-refractivity contribution >= 4 is 28.2 Å². The number of aliphatic hydroxyl groups is 1. The average Bonchev–Trinajstić information content (AvgIpc) is 2.74. The highest BCUT2D eigenvalue weighted by Gasteiger charge is 2.21. The standard InChI is InChI=1S/C13H24N4O2S/c1-7(2)5-15-13-17-11(14)10(20-13)12(19)16-9(6-18)8(3)4/h7-9,18H,5-6,14H2,1-4H3,(H,15,17)(H,16,19)/t9-/m1/s1. The molecule has 5 N–H and O–H groups in total. The summed E-state index contributed by atoms with van der Waals surface area (Å²) in [5, 5.41) is 15.8. The van der Waals surface area contributed by atoms with Crippen LogP contribution >= 0.6 is 11.3 Å². The normalized spacial score (nSPS) is 12.8. The zero-order chi connectivity index (χ0) is 15.3. The average molecular weight is 300 g/mol. The number of carbonyl (C=O) groups is 1. The first kappa shape index (κ1) is 16.7. The van der Waals surface area contributed by atoms with Crippen LogP contribution in [0.4, 0.5) is 10.9 Å². The van der Waals surface area contributed by atoms with E-state index in [1.807, 2.05) is 13.8 Å². The van der Waals surface area contributed by atoms with E-state index in [0.717, 1.165) is 6.54 Å². The fourth-order valence-corrected chi connectivity index (χ4v) is 2.31. The highest BCUT2D eigenvalue weighted by Crippen LogP contribution is 2.25. The summed E-state index contributed by atoms with van der Waals surface area (Å²) < 4.78 is 0. The Labute approximate surface area is 123 Å². The number of thiazole rings is 1. The fraction of sp³-hybridized carbons (Fsp3) is 0.692. The zero-order valence-electron chi connectivity index (χ0n) is 12.4. The number of hydrogen-bond donors (Lipinski definition) is 4. The first-order valence-electron chi connectivity index (χ1n) is 6.77. The van der Waals surface area contributed by atoms with E-state index in [9.17, 15) is 9.90 Å². The van der Waals surface area contributed by atoms with Crippen LogP contribution in [0.5, 0.6) is 0 Å². The minimum Gasteiger partial charge on any atom is -0.394 e. The maximum Gasteiger partial charge on any atom is 0.265 e. The van der Waals surface area contributed by atoms with E-state index in [1.165, 1.54) is 11.3 Å². The van der Waals surface area contributed by atoms with Gasteiger partial charge in [-0.2, -0.15) is 0 Å². The minimum atomic E-state index is -0.287. The van der Waals surface area contributed by atoms with Gasteiger partial charge >= 0.3 is 0 Å². The molecule has 0 aliphatic heterocycles. The Morgan fingerprint density at radius 3 is 2.55 bits per heavy atom. The number of nitrogen functional groups attached to an aromatic ring is 1. The van der Waals surface area contributed by atoms with Gasteiger partial charge in [-0.3, -0.25) is 4.79 Å². The molecule has 0 aliphatic rings. The largest absolute Gasteiger partial charge is 0.394 e. The van der Waals surface area contributed by atoms with Crippen LogP contribution < -0.4 is 16.4 Å². The molecule has 0 aromatic carbocycles. The number of rotatable bonds is 7. The Morgan fingerprint density at radius 2 is 2.05 bits per heavy atom. The van der Waals surface area contributed by atoms with Crippen molar-refractivity contribution in [3.05, 3.63) is 4.88 Å². The van der Waals surface area contributed by atoms with E-state index in [-0.39, 0.29) is 30.3 Å². The molecule has 1 rings (SSSR count). The Bertz CT molecular complexity index is 446. The summed E-state index contributed by atoms with van der Waals surface area (Å²) in [6, 6.07) is -0.281. The molecule has 0 unspecified atom stereocenters. The highest BCUT2D eigenvalue weighted by atomic mass is 32.1. The molecular formula is C13H24N4O2S. The van der Waals surface area contributed by atoms with Crippen molar-refractivity contribution in [2.24, 2.45) is 11.8 Å². The molecule has 1 heterocycles. The molecule has 20 heavy (non-hydrogen) atoms. The van der Waals surface area contributed by atoms with Gasteiger partial charge in [-0.05, 0) is 11.8 Å². The lowest BCUT2D eigenvalue weighted by Crippen LogP contribution is -2.41. The summed E-state index contributed by atoms with van der Waals surface area (Å²) in [5.74, 6) is 0.568. The number of aromatic nitrogens is 1. The third-order valence-electron chi connectivity index (χ3n) is 2.84. The molecule has 1 atom stereocenters. The summed E-state index contributed by atoms with van der Waals surface area (Å²) in [6.07, 6.45) is 0. The van der Waals surface area contributed by atoms with Gasteiger partial charge in [0.1, 0.15) is 10.7 Å². The first-order chi connectivity index (χ1) is 9.35. The van der Waals surface area contributed by atoms with Crippen molar-refractivity contribution in [2.45, 2.75) is 33.7 Å². The number of hydrogen-bond acceptors (Lipinski definition) is 6. The maximum absolute atomic E-state index is 12.1. The Morgan fingerprint density at radius 1 is 1.40 bits per heavy atom. The molecule has 1 amide bonds. The monoisotopic (exact) mass is 300 g/mol. The number of amides is 1. The van der Waals surface area contributed by atoms with Gasteiger partial charge in [0.2, 0.25) is 0 Å². The van der Waals surface area contributed by atoms with E-state index in [1.54, 1.807) is 0 Å². The molecule has 0 spiro atoms. The molecule has 114 valence electrons. The van der Waals surface area contributed by atoms with Crippen molar-refractivity contribution in [3.8, 4) is 0 Å². The van der Waals surface area contributed by atoms with E-state index in [2.05, 4.69) is 29.5 Å². The second-order valence-corrected chi connectivity index (χ2v) is 6.51. The zero-order valence-corrected chi connectivity index (χ0v) is 13.3. The van der Waals surface area contributed by atoms with Crippen LogP contribution in [0.1, 0.15) is 37.4 Å². The van der Waals surface area contributed by atoms with Crippen LogP contribution in [-0.2, 0) is 0 Å². The second kappa shape index (κ2) is 7.44. The molecule has 0 saturated heterocycles. The third-order valence-corrected chi connectivity index (χ3v) is 3.87. The summed E-state index contributed by atoms with van der Waals surface area (Å²) in [7, 11) is 0. The molecule has 6 nitrogen and oxygen atoms in total. The number of aliphatic hydroxyl groups excluding tert-OH is 1. The number of carbonyl (C=O) groups excluding carboxylic acids is 1. The van der Waals surface area contributed by atoms with Crippen molar-refractivity contribution in [2.75, 3.05) is 24.2 Å². The number of nitrogens with one attached hydrogen (secondary N) is 2. The van der Waals surface area contributed by atoms with E-state index in [0.29, 0.717) is 15.9 Å². The fourth-order valence-electron chi connectivity index (χ4n) is 1.52. The number of nitrogens with two attached hydrogens (primary N) is 1. The summed E-state index contributed by atoms with van der Waals surface area (Å²) >= 11 is 1.23. The predicted molar refractivity (Wildman–Crippen MR) is 83.0 cm³/mol. The van der Waals surface area contributed by atoms with Crippen LogP contribution in [0, 0.1) is 11.8 Å². The molecule has 0 saturated carbocycles. The number of nitrogens with zero attached hydrogens (tertiary/aromatic N) is 1. The molecule has 0 radical (unpaired) electrons. The number of anilines is 2. The van der Waals surface area contributed by atoms with Gasteiger partial charge in [0.25, 0.3) is 5.91 Å². The lowest BCUT2D eigenvalue weighted by atomic mass is 10.1. The van der Waals surface area contributed by atoms with E-state index in [4.69, 9.17) is 5.73 Å². The molecule has 0 fully saturated rings. The Hall–Kier alpha value is -1.34. The lowest BCUT2D eigenvalue weighted by Gasteiger charge is -2.19. The van der Waals surface area contributed by atoms with Crippen LogP contribution in [-0.4, -0.2) is 35.2 Å². The van der Waals surface area contributed by atoms with Gasteiger partial charge in [-0.15, -0.1) is 0 Å². The molecule has 1 aromatic heterocycles. The molecule has 7 heteroatoms. The van der Waals surface area contributed by atoms with Gasteiger partial charge in [-0.25, -0.2) is 4.98 Å². The Kier molecular flexibility index (Phi) is 6.22. The van der Waals surface area contributed by atoms with Crippen molar-refractivity contribution in [1.82, 2.24) is 10.3 Å². The molecular weight excluding hydrogens is 276 g/mol. The maximum atomic E-state index is 12.1. The smallest absolute Gasteiger partial charge is 0.265 e. The van der Waals surface area contributed by atoms with Crippen LogP contribution in [0.3, 0.4) is 0 Å². The second-order valence-electron chi connectivity index (χ2n) is 5.51. The lowest BCUT2D eigenvalue weighted by molar-refractivity contribution is 0.0901. The third kappa shape index (κ3) is 4.64. The molecule has 0 aliphatic carbocycles. The quantitative estimate of drug-likeness (QED) is 0.612. The van der Waals surface area contributed by atoms with Gasteiger partial charge in [-0.1, -0.05) is 39.0 Å². The first-order valence-corrected chi connectivity index (χ1v) is 7.58. The Balaban J connectivity index is 2.73. The predicted octanol–water partition coefficient (Wildman–Crippen LogP) is 1.54. The van der Waals surface area contributed by atoms with Crippen LogP contribution in [0.25, 0.3) is 0 Å². The van der Waals surface area contributed by atoms with Crippen LogP contribution in [0.2, 0.25) is 0 Å². The van der Waals surface area contributed by atoms with Crippen molar-refractivity contribution in [3.63, 3.8) is 0 Å². The topological polar surface area (TPSA) is 100 Å². The SMILES string of the molecule is CC(C)CNc1nc(N)c(C(=O)N[C@H](CO)C(C)C)s1. The van der Waals surface area contributed by atoms with Gasteiger partial charge in [0.05, 0.1) is 12.6 Å². The summed E-state index contributed by atoms with van der Waals surface area (Å²) in [5.41, 5.74) is 5.78.